The molecule has 1 aromatic carbocycles. The normalized spacial score (nSPS) is 18.7. The van der Waals surface area contributed by atoms with E-state index in [1.807, 2.05) is 52.0 Å². The SMILES string of the molecule is Cc1cccc(C(=O)C2CCN(C(=O)OC(C)(C)C)C2)c1. The molecule has 0 aliphatic carbocycles. The van der Waals surface area contributed by atoms with E-state index in [0.29, 0.717) is 19.5 Å². The van der Waals surface area contributed by atoms with Gasteiger partial charge in [0.25, 0.3) is 0 Å². The van der Waals surface area contributed by atoms with E-state index in [1.165, 1.54) is 0 Å². The summed E-state index contributed by atoms with van der Waals surface area (Å²) in [5.41, 5.74) is 1.30. The van der Waals surface area contributed by atoms with Crippen molar-refractivity contribution in [3.63, 3.8) is 0 Å². The number of amides is 1. The molecule has 1 unspecified atom stereocenters. The molecule has 4 nitrogen and oxygen atoms in total. The van der Waals surface area contributed by atoms with Gasteiger partial charge in [-0.1, -0.05) is 23.8 Å². The molecule has 2 rings (SSSR count). The zero-order valence-corrected chi connectivity index (χ0v) is 13.2. The number of rotatable bonds is 2. The Morgan fingerprint density at radius 3 is 2.62 bits per heavy atom. The molecule has 0 bridgehead atoms. The van der Waals surface area contributed by atoms with Gasteiger partial charge in [0.2, 0.25) is 0 Å². The second kappa shape index (κ2) is 5.88. The van der Waals surface area contributed by atoms with Crippen LogP contribution in [0.1, 0.15) is 43.1 Å². The van der Waals surface area contributed by atoms with Gasteiger partial charge in [0.1, 0.15) is 5.60 Å². The standard InChI is InChI=1S/C17H23NO3/c1-12-6-5-7-13(10-12)15(19)14-8-9-18(11-14)16(20)21-17(2,3)4/h5-7,10,14H,8-9,11H2,1-4H3. The van der Waals surface area contributed by atoms with Gasteiger partial charge in [-0.25, -0.2) is 4.79 Å². The first-order chi connectivity index (χ1) is 9.76. The van der Waals surface area contributed by atoms with Crippen molar-refractivity contribution in [3.05, 3.63) is 35.4 Å². The predicted octanol–water partition coefficient (Wildman–Crippen LogP) is 3.43. The quantitative estimate of drug-likeness (QED) is 0.784. The molecule has 1 fully saturated rings. The summed E-state index contributed by atoms with van der Waals surface area (Å²) in [6.07, 6.45) is 0.369. The summed E-state index contributed by atoms with van der Waals surface area (Å²) < 4.78 is 5.35. The molecule has 0 aromatic heterocycles. The number of ether oxygens (including phenoxy) is 1. The molecule has 1 heterocycles. The molecule has 1 amide bonds. The van der Waals surface area contributed by atoms with Gasteiger partial charge in [-0.3, -0.25) is 4.79 Å². The largest absolute Gasteiger partial charge is 0.444 e. The average Bonchev–Trinajstić information content (AvgIpc) is 2.85. The van der Waals surface area contributed by atoms with Crippen molar-refractivity contribution < 1.29 is 14.3 Å². The molecule has 1 aliphatic heterocycles. The van der Waals surface area contributed by atoms with Crippen molar-refractivity contribution in [1.82, 2.24) is 4.90 Å². The fourth-order valence-electron chi connectivity index (χ4n) is 2.50. The maximum absolute atomic E-state index is 12.5. The molecule has 0 spiro atoms. The number of carbonyl (C=O) groups excluding carboxylic acids is 2. The smallest absolute Gasteiger partial charge is 0.410 e. The highest BCUT2D eigenvalue weighted by molar-refractivity contribution is 5.98. The van der Waals surface area contributed by atoms with E-state index in [1.54, 1.807) is 4.90 Å². The van der Waals surface area contributed by atoms with E-state index in [9.17, 15) is 9.59 Å². The Kier molecular flexibility index (Phi) is 4.35. The molecule has 1 aromatic rings. The van der Waals surface area contributed by atoms with E-state index in [2.05, 4.69) is 0 Å². The van der Waals surface area contributed by atoms with Crippen LogP contribution in [0.4, 0.5) is 4.79 Å². The van der Waals surface area contributed by atoms with Crippen molar-refractivity contribution >= 4 is 11.9 Å². The topological polar surface area (TPSA) is 46.6 Å². The molecule has 114 valence electrons. The summed E-state index contributed by atoms with van der Waals surface area (Å²) in [6.45, 7) is 8.53. The number of ketones is 1. The molecule has 4 heteroatoms. The van der Waals surface area contributed by atoms with Gasteiger partial charge in [-0.15, -0.1) is 0 Å². The van der Waals surface area contributed by atoms with E-state index in [4.69, 9.17) is 4.74 Å². The molecule has 1 aliphatic rings. The van der Waals surface area contributed by atoms with Gasteiger partial charge in [0.15, 0.2) is 5.78 Å². The Hall–Kier alpha value is -1.84. The van der Waals surface area contributed by atoms with Gasteiger partial charge in [-0.2, -0.15) is 0 Å². The molecule has 0 N–H and O–H groups in total. The molecular weight excluding hydrogens is 266 g/mol. The van der Waals surface area contributed by atoms with Crippen LogP contribution < -0.4 is 0 Å². The highest BCUT2D eigenvalue weighted by Crippen LogP contribution is 2.23. The number of aryl methyl sites for hydroxylation is 1. The van der Waals surface area contributed by atoms with Crippen molar-refractivity contribution in [2.24, 2.45) is 5.92 Å². The zero-order valence-electron chi connectivity index (χ0n) is 13.2. The van der Waals surface area contributed by atoms with Crippen molar-refractivity contribution in [2.45, 2.75) is 39.7 Å². The maximum Gasteiger partial charge on any atom is 0.410 e. The first-order valence-electron chi connectivity index (χ1n) is 7.35. The Balaban J connectivity index is 1.99. The molecule has 0 saturated carbocycles. The first kappa shape index (κ1) is 15.5. The van der Waals surface area contributed by atoms with Gasteiger partial charge >= 0.3 is 6.09 Å². The highest BCUT2D eigenvalue weighted by atomic mass is 16.6. The van der Waals surface area contributed by atoms with Gasteiger partial charge in [0.05, 0.1) is 0 Å². The summed E-state index contributed by atoms with van der Waals surface area (Å²) >= 11 is 0. The number of hydrogen-bond acceptors (Lipinski definition) is 3. The third kappa shape index (κ3) is 4.06. The lowest BCUT2D eigenvalue weighted by Crippen LogP contribution is -2.35. The number of hydrogen-bond donors (Lipinski definition) is 0. The first-order valence-corrected chi connectivity index (χ1v) is 7.35. The van der Waals surface area contributed by atoms with Crippen LogP contribution in [-0.4, -0.2) is 35.5 Å². The number of carbonyl (C=O) groups is 2. The second-order valence-corrected chi connectivity index (χ2v) is 6.65. The molecular formula is C17H23NO3. The predicted molar refractivity (Wildman–Crippen MR) is 81.4 cm³/mol. The van der Waals surface area contributed by atoms with E-state index in [0.717, 1.165) is 11.1 Å². The van der Waals surface area contributed by atoms with Crippen LogP contribution in [0.25, 0.3) is 0 Å². The monoisotopic (exact) mass is 289 g/mol. The Labute approximate surface area is 126 Å². The lowest BCUT2D eigenvalue weighted by Gasteiger charge is -2.24. The molecule has 1 atom stereocenters. The highest BCUT2D eigenvalue weighted by Gasteiger charge is 2.33. The Morgan fingerprint density at radius 2 is 2.00 bits per heavy atom. The van der Waals surface area contributed by atoms with Crippen LogP contribution in [0.5, 0.6) is 0 Å². The van der Waals surface area contributed by atoms with Gasteiger partial charge in [-0.05, 0) is 40.2 Å². The number of nitrogens with zero attached hydrogens (tertiary/aromatic N) is 1. The van der Waals surface area contributed by atoms with E-state index in [-0.39, 0.29) is 17.8 Å². The van der Waals surface area contributed by atoms with Crippen LogP contribution in [-0.2, 0) is 4.74 Å². The molecule has 0 radical (unpaired) electrons. The minimum atomic E-state index is -0.504. The van der Waals surface area contributed by atoms with Crippen molar-refractivity contribution in [3.8, 4) is 0 Å². The van der Waals surface area contributed by atoms with E-state index < -0.39 is 5.60 Å². The van der Waals surface area contributed by atoms with Crippen LogP contribution >= 0.6 is 0 Å². The van der Waals surface area contributed by atoms with Crippen LogP contribution in [0.2, 0.25) is 0 Å². The summed E-state index contributed by atoms with van der Waals surface area (Å²) in [5.74, 6) is -0.0101. The molecule has 1 saturated heterocycles. The van der Waals surface area contributed by atoms with Crippen LogP contribution in [0, 0.1) is 12.8 Å². The minimum Gasteiger partial charge on any atom is -0.444 e. The summed E-state index contributed by atoms with van der Waals surface area (Å²) in [5, 5.41) is 0. The zero-order chi connectivity index (χ0) is 15.6. The average molecular weight is 289 g/mol. The third-order valence-corrected chi connectivity index (χ3v) is 3.51. The Bertz CT molecular complexity index is 545. The van der Waals surface area contributed by atoms with Gasteiger partial charge < -0.3 is 9.64 Å². The Morgan fingerprint density at radius 1 is 1.29 bits per heavy atom. The lowest BCUT2D eigenvalue weighted by molar-refractivity contribution is 0.0289. The van der Waals surface area contributed by atoms with Crippen LogP contribution in [0.15, 0.2) is 24.3 Å². The fraction of sp³-hybridized carbons (Fsp3) is 0.529. The summed E-state index contributed by atoms with van der Waals surface area (Å²) in [4.78, 5) is 26.1. The fourth-order valence-corrected chi connectivity index (χ4v) is 2.50. The summed E-state index contributed by atoms with van der Waals surface area (Å²) in [7, 11) is 0. The third-order valence-electron chi connectivity index (χ3n) is 3.51. The van der Waals surface area contributed by atoms with Crippen molar-refractivity contribution in [2.75, 3.05) is 13.1 Å². The maximum atomic E-state index is 12.5. The molecule has 21 heavy (non-hydrogen) atoms. The summed E-state index contributed by atoms with van der Waals surface area (Å²) in [6, 6.07) is 7.60. The van der Waals surface area contributed by atoms with Gasteiger partial charge in [0, 0.05) is 24.6 Å². The number of Topliss-reactive ketones (excluding diaryl/α,β-unsaturated/α-hetero) is 1. The number of likely N-dealkylation sites (tertiary alicyclic amines) is 1. The minimum absolute atomic E-state index is 0.116. The number of benzene rings is 1. The van der Waals surface area contributed by atoms with E-state index >= 15 is 0 Å². The lowest BCUT2D eigenvalue weighted by atomic mass is 9.96. The van der Waals surface area contributed by atoms with Crippen LogP contribution in [0.3, 0.4) is 0 Å². The van der Waals surface area contributed by atoms with Crippen molar-refractivity contribution in [1.29, 1.82) is 0 Å². The second-order valence-electron chi connectivity index (χ2n) is 6.65.